The molecule has 5 heteroatoms. The van der Waals surface area contributed by atoms with Crippen LogP contribution < -0.4 is 5.32 Å². The molecule has 0 radical (unpaired) electrons. The first kappa shape index (κ1) is 12.5. The van der Waals surface area contributed by atoms with Crippen LogP contribution >= 0.6 is 0 Å². The fourth-order valence-corrected chi connectivity index (χ4v) is 2.05. The van der Waals surface area contributed by atoms with Gasteiger partial charge in [-0.15, -0.1) is 0 Å². The van der Waals surface area contributed by atoms with E-state index in [0.29, 0.717) is 5.89 Å². The third kappa shape index (κ3) is 2.35. The smallest absolute Gasteiger partial charge is 0.258 e. The van der Waals surface area contributed by atoms with Gasteiger partial charge in [0, 0.05) is 12.5 Å². The number of hydrogen-bond donors (Lipinski definition) is 1. The molecule has 96 valence electrons. The second kappa shape index (κ2) is 4.38. The summed E-state index contributed by atoms with van der Waals surface area (Å²) in [4.78, 5) is 4.52. The Labute approximate surface area is 102 Å². The quantitative estimate of drug-likeness (QED) is 0.849. The van der Waals surface area contributed by atoms with Crippen LogP contribution in [0.4, 0.5) is 0 Å². The van der Waals surface area contributed by atoms with Gasteiger partial charge in [-0.05, 0) is 25.9 Å². The van der Waals surface area contributed by atoms with Crippen LogP contribution in [0.25, 0.3) is 0 Å². The number of ether oxygens (including phenoxy) is 1. The molecule has 0 aromatic carbocycles. The first-order chi connectivity index (χ1) is 7.98. The molecule has 1 aliphatic heterocycles. The fourth-order valence-electron chi connectivity index (χ4n) is 2.05. The van der Waals surface area contributed by atoms with Crippen molar-refractivity contribution in [3.63, 3.8) is 0 Å². The van der Waals surface area contributed by atoms with Crippen molar-refractivity contribution in [2.24, 2.45) is 0 Å². The van der Waals surface area contributed by atoms with Crippen molar-refractivity contribution >= 4 is 0 Å². The van der Waals surface area contributed by atoms with Crippen molar-refractivity contribution in [1.29, 1.82) is 0 Å². The molecule has 0 spiro atoms. The normalized spacial score (nSPS) is 20.5. The molecule has 0 atom stereocenters. The third-order valence-electron chi connectivity index (χ3n) is 3.29. The first-order valence-electron chi connectivity index (χ1n) is 6.08. The highest BCUT2D eigenvalue weighted by atomic mass is 16.5. The molecule has 1 N–H and O–H groups in total. The summed E-state index contributed by atoms with van der Waals surface area (Å²) in [6, 6.07) is 0. The summed E-state index contributed by atoms with van der Waals surface area (Å²) in [5.41, 5.74) is -0.495. The van der Waals surface area contributed by atoms with Gasteiger partial charge in [0.15, 0.2) is 5.82 Å². The van der Waals surface area contributed by atoms with E-state index >= 15 is 0 Å². The van der Waals surface area contributed by atoms with E-state index in [1.165, 1.54) is 0 Å². The van der Waals surface area contributed by atoms with Crippen molar-refractivity contribution in [3.8, 4) is 0 Å². The second-order valence-corrected chi connectivity index (χ2v) is 5.62. The molecule has 0 bridgehead atoms. The predicted molar refractivity (Wildman–Crippen MR) is 63.8 cm³/mol. The highest BCUT2D eigenvalue weighted by molar-refractivity contribution is 5.06. The van der Waals surface area contributed by atoms with E-state index in [0.717, 1.165) is 31.8 Å². The highest BCUT2D eigenvalue weighted by Gasteiger charge is 2.40. The molecule has 1 aliphatic rings. The zero-order valence-electron chi connectivity index (χ0n) is 11.0. The van der Waals surface area contributed by atoms with E-state index in [2.05, 4.69) is 36.2 Å². The molecular weight excluding hydrogens is 218 g/mol. The Morgan fingerprint density at radius 2 is 1.94 bits per heavy atom. The van der Waals surface area contributed by atoms with Gasteiger partial charge in [0.05, 0.1) is 0 Å². The predicted octanol–water partition coefficient (Wildman–Crippen LogP) is 1.59. The number of hydrogen-bond acceptors (Lipinski definition) is 5. The Morgan fingerprint density at radius 1 is 1.29 bits per heavy atom. The molecule has 2 rings (SSSR count). The monoisotopic (exact) mass is 239 g/mol. The van der Waals surface area contributed by atoms with Gasteiger partial charge >= 0.3 is 0 Å². The Balaban J connectivity index is 2.28. The van der Waals surface area contributed by atoms with Crippen LogP contribution in [0.3, 0.4) is 0 Å². The van der Waals surface area contributed by atoms with E-state index in [1.54, 1.807) is 7.11 Å². The van der Waals surface area contributed by atoms with E-state index in [-0.39, 0.29) is 5.41 Å². The topological polar surface area (TPSA) is 60.2 Å². The van der Waals surface area contributed by atoms with Crippen LogP contribution in [-0.2, 0) is 15.8 Å². The molecule has 0 unspecified atom stereocenters. The first-order valence-corrected chi connectivity index (χ1v) is 6.08. The molecule has 17 heavy (non-hydrogen) atoms. The Bertz CT molecular complexity index is 375. The Hall–Kier alpha value is -0.940. The van der Waals surface area contributed by atoms with Crippen molar-refractivity contribution in [2.45, 2.75) is 44.6 Å². The summed E-state index contributed by atoms with van der Waals surface area (Å²) >= 11 is 0. The molecule has 2 heterocycles. The van der Waals surface area contributed by atoms with E-state index in [9.17, 15) is 0 Å². The van der Waals surface area contributed by atoms with Crippen LogP contribution in [0, 0.1) is 0 Å². The van der Waals surface area contributed by atoms with Crippen molar-refractivity contribution in [3.05, 3.63) is 11.7 Å². The molecule has 1 aromatic rings. The third-order valence-corrected chi connectivity index (χ3v) is 3.29. The van der Waals surface area contributed by atoms with Crippen molar-refractivity contribution in [1.82, 2.24) is 15.5 Å². The molecule has 0 amide bonds. The molecule has 1 saturated heterocycles. The average Bonchev–Trinajstić information content (AvgIpc) is 2.79. The largest absolute Gasteiger partial charge is 0.368 e. The van der Waals surface area contributed by atoms with Crippen LogP contribution in [-0.4, -0.2) is 30.3 Å². The number of piperidine rings is 1. The number of nitrogens with zero attached hydrogens (tertiary/aromatic N) is 2. The molecule has 1 fully saturated rings. The zero-order chi connectivity index (χ0) is 12.5. The van der Waals surface area contributed by atoms with Gasteiger partial charge in [-0.2, -0.15) is 4.98 Å². The maximum atomic E-state index is 5.65. The van der Waals surface area contributed by atoms with Gasteiger partial charge in [-0.1, -0.05) is 25.9 Å². The summed E-state index contributed by atoms with van der Waals surface area (Å²) in [6.07, 6.45) is 1.74. The summed E-state index contributed by atoms with van der Waals surface area (Å²) < 4.78 is 11.1. The Morgan fingerprint density at radius 3 is 2.41 bits per heavy atom. The van der Waals surface area contributed by atoms with Crippen LogP contribution in [0.5, 0.6) is 0 Å². The SMILES string of the molecule is COC1(c2nc(C(C)(C)C)no2)CCNCC1. The lowest BCUT2D eigenvalue weighted by atomic mass is 9.91. The van der Waals surface area contributed by atoms with Crippen LogP contribution in [0.1, 0.15) is 45.3 Å². The van der Waals surface area contributed by atoms with Gasteiger partial charge in [0.2, 0.25) is 0 Å². The van der Waals surface area contributed by atoms with Crippen LogP contribution in [0.2, 0.25) is 0 Å². The maximum Gasteiger partial charge on any atom is 0.258 e. The zero-order valence-corrected chi connectivity index (χ0v) is 11.0. The lowest BCUT2D eigenvalue weighted by Crippen LogP contribution is -2.41. The molecule has 0 saturated carbocycles. The van der Waals surface area contributed by atoms with Crippen molar-refractivity contribution < 1.29 is 9.26 Å². The van der Waals surface area contributed by atoms with E-state index < -0.39 is 5.60 Å². The summed E-state index contributed by atoms with van der Waals surface area (Å²) in [5.74, 6) is 1.36. The van der Waals surface area contributed by atoms with Crippen molar-refractivity contribution in [2.75, 3.05) is 20.2 Å². The average molecular weight is 239 g/mol. The molecule has 1 aromatic heterocycles. The van der Waals surface area contributed by atoms with Gasteiger partial charge < -0.3 is 14.6 Å². The van der Waals surface area contributed by atoms with Gasteiger partial charge in [-0.3, -0.25) is 0 Å². The van der Waals surface area contributed by atoms with Gasteiger partial charge in [-0.25, -0.2) is 0 Å². The van der Waals surface area contributed by atoms with E-state index in [1.807, 2.05) is 0 Å². The van der Waals surface area contributed by atoms with Gasteiger partial charge in [0.25, 0.3) is 5.89 Å². The minimum atomic E-state index is -0.401. The second-order valence-electron chi connectivity index (χ2n) is 5.62. The van der Waals surface area contributed by atoms with Crippen LogP contribution in [0.15, 0.2) is 4.52 Å². The summed E-state index contributed by atoms with van der Waals surface area (Å²) in [5, 5.41) is 7.38. The summed E-state index contributed by atoms with van der Waals surface area (Å²) in [7, 11) is 1.71. The lowest BCUT2D eigenvalue weighted by Gasteiger charge is -2.32. The highest BCUT2D eigenvalue weighted by Crippen LogP contribution is 2.34. The summed E-state index contributed by atoms with van der Waals surface area (Å²) in [6.45, 7) is 8.05. The number of rotatable bonds is 2. The van der Waals surface area contributed by atoms with Gasteiger partial charge in [0.1, 0.15) is 5.60 Å². The number of nitrogens with one attached hydrogen (secondary N) is 1. The Kier molecular flexibility index (Phi) is 3.23. The fraction of sp³-hybridized carbons (Fsp3) is 0.833. The number of aromatic nitrogens is 2. The lowest BCUT2D eigenvalue weighted by molar-refractivity contribution is -0.0622. The minimum Gasteiger partial charge on any atom is -0.368 e. The van der Waals surface area contributed by atoms with E-state index in [4.69, 9.17) is 9.26 Å². The molecular formula is C12H21N3O2. The molecule has 0 aliphatic carbocycles. The standard InChI is InChI=1S/C12H21N3O2/c1-11(2,3)9-14-10(17-15-9)12(16-4)5-7-13-8-6-12/h13H,5-8H2,1-4H3. The minimum absolute atomic E-state index is 0.0937. The molecule has 5 nitrogen and oxygen atoms in total. The number of methoxy groups -OCH3 is 1. The maximum absolute atomic E-state index is 5.65.